The lowest BCUT2D eigenvalue weighted by Gasteiger charge is -2.27. The molecule has 1 aliphatic heterocycles. The second-order valence-corrected chi connectivity index (χ2v) is 5.76. The van der Waals surface area contributed by atoms with E-state index in [4.69, 9.17) is 11.6 Å². The molecule has 0 radical (unpaired) electrons. The van der Waals surface area contributed by atoms with Gasteiger partial charge in [-0.15, -0.1) is 0 Å². The van der Waals surface area contributed by atoms with E-state index in [1.807, 2.05) is 0 Å². The summed E-state index contributed by atoms with van der Waals surface area (Å²) in [6.45, 7) is 2.64. The summed E-state index contributed by atoms with van der Waals surface area (Å²) >= 11 is 6.01. The van der Waals surface area contributed by atoms with Crippen LogP contribution in [0.1, 0.15) is 17.9 Å². The summed E-state index contributed by atoms with van der Waals surface area (Å²) in [6.07, 6.45) is 0.690. The second-order valence-electron chi connectivity index (χ2n) is 5.35. The van der Waals surface area contributed by atoms with E-state index in [1.54, 1.807) is 12.1 Å². The molecule has 2 N–H and O–H groups in total. The molecule has 1 saturated heterocycles. The summed E-state index contributed by atoms with van der Waals surface area (Å²) in [7, 11) is 0. The predicted octanol–water partition coefficient (Wildman–Crippen LogP) is 1.92. The maximum atomic E-state index is 13.7. The van der Waals surface area contributed by atoms with Crippen molar-refractivity contribution < 1.29 is 9.18 Å². The maximum absolute atomic E-state index is 13.7. The average Bonchev–Trinajstić information content (AvgIpc) is 3.06. The molecule has 2 unspecified atom stereocenters. The average molecular weight is 283 g/mol. The molecule has 3 nitrogen and oxygen atoms in total. The molecule has 0 aromatic heterocycles. The minimum atomic E-state index is -0.309. The molecule has 2 fully saturated rings. The van der Waals surface area contributed by atoms with Crippen LogP contribution in [0.15, 0.2) is 18.2 Å². The van der Waals surface area contributed by atoms with Gasteiger partial charge in [0.1, 0.15) is 5.82 Å². The molecule has 102 valence electrons. The van der Waals surface area contributed by atoms with E-state index in [0.717, 1.165) is 13.1 Å². The van der Waals surface area contributed by atoms with Crippen molar-refractivity contribution in [3.05, 3.63) is 34.6 Å². The van der Waals surface area contributed by atoms with Crippen LogP contribution in [0.5, 0.6) is 0 Å². The van der Waals surface area contributed by atoms with Gasteiger partial charge in [0.25, 0.3) is 0 Å². The van der Waals surface area contributed by atoms with Crippen molar-refractivity contribution in [2.24, 2.45) is 11.8 Å². The molecule has 1 aliphatic carbocycles. The summed E-state index contributed by atoms with van der Waals surface area (Å²) < 4.78 is 13.7. The highest BCUT2D eigenvalue weighted by Gasteiger charge is 2.46. The highest BCUT2D eigenvalue weighted by Crippen LogP contribution is 2.50. The Kier molecular flexibility index (Phi) is 3.46. The fraction of sp³-hybridized carbons (Fsp3) is 0.500. The molecule has 1 amide bonds. The van der Waals surface area contributed by atoms with Crippen molar-refractivity contribution in [1.82, 2.24) is 10.6 Å². The zero-order valence-corrected chi connectivity index (χ0v) is 11.2. The number of hydrogen-bond acceptors (Lipinski definition) is 2. The Morgan fingerprint density at radius 2 is 2.26 bits per heavy atom. The van der Waals surface area contributed by atoms with Gasteiger partial charge in [-0.2, -0.15) is 0 Å². The molecular formula is C14H16ClFN2O. The Bertz CT molecular complexity index is 484. The van der Waals surface area contributed by atoms with Gasteiger partial charge in [0.05, 0.1) is 0 Å². The van der Waals surface area contributed by atoms with Crippen molar-refractivity contribution in [2.75, 3.05) is 19.6 Å². The third-order valence-electron chi connectivity index (χ3n) is 3.93. The molecule has 0 spiro atoms. The highest BCUT2D eigenvalue weighted by molar-refractivity contribution is 6.31. The number of nitrogens with one attached hydrogen (secondary N) is 2. The third-order valence-corrected chi connectivity index (χ3v) is 4.26. The van der Waals surface area contributed by atoms with E-state index in [1.165, 1.54) is 6.07 Å². The summed E-state index contributed by atoms with van der Waals surface area (Å²) in [5.74, 6) is 0.0704. The SMILES string of the molecule is O=C(NCC1CNC1)C1CC1c1c(F)cccc1Cl. The van der Waals surface area contributed by atoms with Gasteiger partial charge in [-0.3, -0.25) is 4.79 Å². The Morgan fingerprint density at radius 3 is 2.89 bits per heavy atom. The van der Waals surface area contributed by atoms with Crippen LogP contribution in [0.25, 0.3) is 0 Å². The molecule has 3 rings (SSSR count). The summed E-state index contributed by atoms with van der Waals surface area (Å²) in [5, 5.41) is 6.52. The number of halogens is 2. The van der Waals surface area contributed by atoms with Crippen molar-refractivity contribution in [1.29, 1.82) is 0 Å². The Balaban J connectivity index is 1.59. The van der Waals surface area contributed by atoms with Gasteiger partial charge in [0.2, 0.25) is 5.91 Å². The standard InChI is InChI=1S/C14H16ClFN2O/c15-11-2-1-3-12(16)13(11)9-4-10(9)14(19)18-7-8-5-17-6-8/h1-3,8-10,17H,4-7H2,(H,18,19). The minimum absolute atomic E-state index is 0.0243. The molecule has 2 atom stereocenters. The molecule has 1 heterocycles. The van der Waals surface area contributed by atoms with Gasteiger partial charge in [-0.05, 0) is 18.6 Å². The van der Waals surface area contributed by atoms with E-state index < -0.39 is 0 Å². The quantitative estimate of drug-likeness (QED) is 0.886. The molecular weight excluding hydrogens is 267 g/mol. The van der Waals surface area contributed by atoms with Crippen molar-refractivity contribution >= 4 is 17.5 Å². The summed E-state index contributed by atoms with van der Waals surface area (Å²) in [6, 6.07) is 4.66. The molecule has 1 saturated carbocycles. The van der Waals surface area contributed by atoms with Crippen molar-refractivity contribution in [3.63, 3.8) is 0 Å². The van der Waals surface area contributed by atoms with Gasteiger partial charge >= 0.3 is 0 Å². The van der Waals surface area contributed by atoms with E-state index in [0.29, 0.717) is 29.5 Å². The van der Waals surface area contributed by atoms with Crippen LogP contribution in [0.4, 0.5) is 4.39 Å². The number of carbonyl (C=O) groups excluding carboxylic acids is 1. The van der Waals surface area contributed by atoms with Crippen LogP contribution in [0, 0.1) is 17.7 Å². The normalized spacial score (nSPS) is 25.8. The zero-order chi connectivity index (χ0) is 13.4. The fourth-order valence-corrected chi connectivity index (χ4v) is 2.84. The number of rotatable bonds is 4. The summed E-state index contributed by atoms with van der Waals surface area (Å²) in [5.41, 5.74) is 0.495. The highest BCUT2D eigenvalue weighted by atomic mass is 35.5. The van der Waals surface area contributed by atoms with E-state index in [9.17, 15) is 9.18 Å². The smallest absolute Gasteiger partial charge is 0.223 e. The Morgan fingerprint density at radius 1 is 1.47 bits per heavy atom. The van der Waals surface area contributed by atoms with Crippen molar-refractivity contribution in [3.8, 4) is 0 Å². The Labute approximate surface area is 116 Å². The van der Waals surface area contributed by atoms with Crippen LogP contribution >= 0.6 is 11.6 Å². The first kappa shape index (κ1) is 12.9. The van der Waals surface area contributed by atoms with E-state index in [2.05, 4.69) is 10.6 Å². The topological polar surface area (TPSA) is 41.1 Å². The molecule has 1 aromatic rings. The third kappa shape index (κ3) is 2.60. The zero-order valence-electron chi connectivity index (χ0n) is 10.5. The van der Waals surface area contributed by atoms with Gasteiger partial charge in [-0.1, -0.05) is 17.7 Å². The first-order valence-electron chi connectivity index (χ1n) is 6.59. The molecule has 2 aliphatic rings. The summed E-state index contributed by atoms with van der Waals surface area (Å²) in [4.78, 5) is 12.0. The lowest BCUT2D eigenvalue weighted by atomic mass is 10.0. The monoisotopic (exact) mass is 282 g/mol. The predicted molar refractivity (Wildman–Crippen MR) is 71.6 cm³/mol. The minimum Gasteiger partial charge on any atom is -0.355 e. The van der Waals surface area contributed by atoms with Crippen LogP contribution in [0.2, 0.25) is 5.02 Å². The lowest BCUT2D eigenvalue weighted by molar-refractivity contribution is -0.122. The van der Waals surface area contributed by atoms with Gasteiger partial charge in [0, 0.05) is 48.0 Å². The van der Waals surface area contributed by atoms with Gasteiger partial charge in [0.15, 0.2) is 0 Å². The van der Waals surface area contributed by atoms with Crippen molar-refractivity contribution in [2.45, 2.75) is 12.3 Å². The second kappa shape index (κ2) is 5.10. The first-order chi connectivity index (χ1) is 9.16. The van der Waals surface area contributed by atoms with Crippen LogP contribution in [-0.2, 0) is 4.79 Å². The number of amides is 1. The van der Waals surface area contributed by atoms with E-state index >= 15 is 0 Å². The van der Waals surface area contributed by atoms with E-state index in [-0.39, 0.29) is 23.6 Å². The lowest BCUT2D eigenvalue weighted by Crippen LogP contribution is -2.48. The molecule has 1 aromatic carbocycles. The van der Waals surface area contributed by atoms with Gasteiger partial charge < -0.3 is 10.6 Å². The fourth-order valence-electron chi connectivity index (χ4n) is 2.54. The molecule has 0 bridgehead atoms. The van der Waals surface area contributed by atoms with Crippen LogP contribution in [0.3, 0.4) is 0 Å². The van der Waals surface area contributed by atoms with Gasteiger partial charge in [-0.25, -0.2) is 4.39 Å². The van der Waals surface area contributed by atoms with Crippen LogP contribution < -0.4 is 10.6 Å². The first-order valence-corrected chi connectivity index (χ1v) is 6.97. The Hall–Kier alpha value is -1.13. The maximum Gasteiger partial charge on any atom is 0.223 e. The number of hydrogen-bond donors (Lipinski definition) is 2. The molecule has 5 heteroatoms. The number of benzene rings is 1. The molecule has 19 heavy (non-hydrogen) atoms. The number of carbonyl (C=O) groups is 1. The van der Waals surface area contributed by atoms with Crippen LogP contribution in [-0.4, -0.2) is 25.5 Å². The largest absolute Gasteiger partial charge is 0.355 e.